The molecule has 1 aromatic heterocycles. The largest absolute Gasteiger partial charge is 0.346 e. The molecule has 0 radical (unpaired) electrons. The number of amides is 1. The van der Waals surface area contributed by atoms with Crippen molar-refractivity contribution in [3.05, 3.63) is 66.2 Å². The van der Waals surface area contributed by atoms with Crippen LogP contribution in [0.15, 0.2) is 60.7 Å². The van der Waals surface area contributed by atoms with Crippen molar-refractivity contribution in [3.8, 4) is 11.3 Å². The molecule has 0 bridgehead atoms. The Kier molecular flexibility index (Phi) is 5.97. The summed E-state index contributed by atoms with van der Waals surface area (Å²) in [6.07, 6.45) is 0. The number of nitrogens with one attached hydrogen (secondary N) is 2. The van der Waals surface area contributed by atoms with Crippen molar-refractivity contribution in [3.63, 3.8) is 0 Å². The second-order valence-corrected chi connectivity index (χ2v) is 6.40. The number of likely N-dealkylation sites (N-methyl/N-ethyl adjacent to an activating group) is 1. The van der Waals surface area contributed by atoms with Gasteiger partial charge in [0.2, 0.25) is 0 Å². The molecular weight excluding hydrogens is 322 g/mol. The van der Waals surface area contributed by atoms with Gasteiger partial charge in [0.1, 0.15) is 0 Å². The number of hydrogen-bond acceptors (Lipinski definition) is 2. The molecule has 0 fully saturated rings. The Hall–Kier alpha value is -2.72. The maximum Gasteiger partial charge on any atom is 0.252 e. The van der Waals surface area contributed by atoms with Gasteiger partial charge < -0.3 is 10.2 Å². The molecule has 0 saturated heterocycles. The number of quaternary nitrogens is 1. The van der Waals surface area contributed by atoms with Crippen LogP contribution >= 0.6 is 0 Å². The lowest BCUT2D eigenvalue weighted by Gasteiger charge is -2.16. The number of fused-ring (bicyclic) bond motifs is 1. The van der Waals surface area contributed by atoms with E-state index in [1.165, 1.54) is 4.90 Å². The molecular formula is C22H26N3O+. The fraction of sp³-hybridized carbons (Fsp3) is 0.273. The van der Waals surface area contributed by atoms with Crippen LogP contribution < -0.4 is 10.2 Å². The van der Waals surface area contributed by atoms with Crippen LogP contribution in [0.1, 0.15) is 24.2 Å². The van der Waals surface area contributed by atoms with E-state index in [2.05, 4.69) is 19.2 Å². The summed E-state index contributed by atoms with van der Waals surface area (Å²) in [5.74, 6) is -0.0349. The number of rotatable bonds is 7. The Bertz CT molecular complexity index is 873. The van der Waals surface area contributed by atoms with E-state index in [1.807, 2.05) is 60.7 Å². The Balaban J connectivity index is 1.90. The van der Waals surface area contributed by atoms with Gasteiger partial charge in [-0.15, -0.1) is 0 Å². The fourth-order valence-corrected chi connectivity index (χ4v) is 3.17. The maximum atomic E-state index is 12.9. The van der Waals surface area contributed by atoms with Crippen LogP contribution in [0.2, 0.25) is 0 Å². The zero-order chi connectivity index (χ0) is 18.4. The Morgan fingerprint density at radius 3 is 2.42 bits per heavy atom. The number of hydrogen-bond donors (Lipinski definition) is 2. The van der Waals surface area contributed by atoms with Crippen LogP contribution in [-0.4, -0.2) is 37.1 Å². The monoisotopic (exact) mass is 348 g/mol. The second kappa shape index (κ2) is 8.59. The van der Waals surface area contributed by atoms with Gasteiger partial charge in [0.25, 0.3) is 5.91 Å². The van der Waals surface area contributed by atoms with Crippen molar-refractivity contribution in [2.75, 3.05) is 26.2 Å². The minimum absolute atomic E-state index is 0.0349. The lowest BCUT2D eigenvalue weighted by molar-refractivity contribution is -0.895. The van der Waals surface area contributed by atoms with E-state index in [1.54, 1.807) is 0 Å². The molecule has 0 saturated carbocycles. The molecule has 4 heteroatoms. The normalized spacial score (nSPS) is 11.0. The third kappa shape index (κ3) is 4.09. The first kappa shape index (κ1) is 18.1. The van der Waals surface area contributed by atoms with Crippen LogP contribution in [0.5, 0.6) is 0 Å². The van der Waals surface area contributed by atoms with Gasteiger partial charge in [0.15, 0.2) is 0 Å². The molecule has 4 nitrogen and oxygen atoms in total. The number of aromatic nitrogens is 1. The Labute approximate surface area is 154 Å². The van der Waals surface area contributed by atoms with Crippen LogP contribution in [0, 0.1) is 0 Å². The molecule has 0 aliphatic rings. The second-order valence-electron chi connectivity index (χ2n) is 6.40. The number of benzene rings is 2. The minimum Gasteiger partial charge on any atom is -0.346 e. The van der Waals surface area contributed by atoms with Crippen LogP contribution in [0.25, 0.3) is 22.2 Å². The van der Waals surface area contributed by atoms with Crippen molar-refractivity contribution in [1.82, 2.24) is 10.3 Å². The number of pyridine rings is 1. The van der Waals surface area contributed by atoms with Crippen LogP contribution in [0.3, 0.4) is 0 Å². The van der Waals surface area contributed by atoms with Gasteiger partial charge in [-0.25, -0.2) is 4.98 Å². The van der Waals surface area contributed by atoms with Crippen molar-refractivity contribution in [2.45, 2.75) is 13.8 Å². The number of nitrogens with zero attached hydrogens (tertiary/aromatic N) is 1. The van der Waals surface area contributed by atoms with Gasteiger partial charge in [0, 0.05) is 10.9 Å². The van der Waals surface area contributed by atoms with Crippen molar-refractivity contribution in [1.29, 1.82) is 0 Å². The van der Waals surface area contributed by atoms with E-state index >= 15 is 0 Å². The highest BCUT2D eigenvalue weighted by Crippen LogP contribution is 2.24. The average molecular weight is 348 g/mol. The minimum atomic E-state index is -0.0349. The molecule has 0 unspecified atom stereocenters. The zero-order valence-corrected chi connectivity index (χ0v) is 15.5. The first-order valence-corrected chi connectivity index (χ1v) is 9.30. The topological polar surface area (TPSA) is 46.4 Å². The zero-order valence-electron chi connectivity index (χ0n) is 15.5. The van der Waals surface area contributed by atoms with E-state index in [0.29, 0.717) is 12.1 Å². The lowest BCUT2D eigenvalue weighted by atomic mass is 10.0. The van der Waals surface area contributed by atoms with Crippen molar-refractivity contribution < 1.29 is 9.69 Å². The highest BCUT2D eigenvalue weighted by molar-refractivity contribution is 6.07. The molecule has 3 aromatic rings. The number of para-hydroxylation sites is 1. The predicted octanol–water partition coefficient (Wildman–Crippen LogP) is 2.56. The van der Waals surface area contributed by atoms with E-state index in [4.69, 9.17) is 4.98 Å². The summed E-state index contributed by atoms with van der Waals surface area (Å²) < 4.78 is 0. The molecule has 0 spiro atoms. The highest BCUT2D eigenvalue weighted by atomic mass is 16.1. The molecule has 2 aromatic carbocycles. The predicted molar refractivity (Wildman–Crippen MR) is 106 cm³/mol. The van der Waals surface area contributed by atoms with Gasteiger partial charge in [-0.2, -0.15) is 0 Å². The van der Waals surface area contributed by atoms with Gasteiger partial charge in [-0.05, 0) is 26.0 Å². The van der Waals surface area contributed by atoms with Gasteiger partial charge in [-0.3, -0.25) is 4.79 Å². The molecule has 0 aliphatic carbocycles. The summed E-state index contributed by atoms with van der Waals surface area (Å²) in [5, 5.41) is 3.97. The summed E-state index contributed by atoms with van der Waals surface area (Å²) in [6, 6.07) is 19.7. The summed E-state index contributed by atoms with van der Waals surface area (Å²) in [6.45, 7) is 8.10. The Morgan fingerprint density at radius 1 is 1.00 bits per heavy atom. The Morgan fingerprint density at radius 2 is 1.69 bits per heavy atom. The third-order valence-electron chi connectivity index (χ3n) is 4.79. The fourth-order valence-electron chi connectivity index (χ4n) is 3.17. The maximum absolute atomic E-state index is 12.9. The van der Waals surface area contributed by atoms with E-state index in [0.717, 1.165) is 41.8 Å². The first-order chi connectivity index (χ1) is 12.7. The molecule has 0 atom stereocenters. The number of carbonyl (C=O) groups excluding carboxylic acids is 1. The summed E-state index contributed by atoms with van der Waals surface area (Å²) in [7, 11) is 0. The number of carbonyl (C=O) groups is 1. The van der Waals surface area contributed by atoms with E-state index in [-0.39, 0.29) is 5.91 Å². The van der Waals surface area contributed by atoms with E-state index < -0.39 is 0 Å². The van der Waals surface area contributed by atoms with Crippen LogP contribution in [0.4, 0.5) is 0 Å². The quantitative estimate of drug-likeness (QED) is 0.689. The molecule has 2 N–H and O–H groups in total. The van der Waals surface area contributed by atoms with Crippen molar-refractivity contribution >= 4 is 16.8 Å². The third-order valence-corrected chi connectivity index (χ3v) is 4.79. The SMILES string of the molecule is CC[NH+](CC)CCNC(=O)c1cc(-c2ccccc2)nc2ccccc12. The molecule has 0 aliphatic heterocycles. The summed E-state index contributed by atoms with van der Waals surface area (Å²) >= 11 is 0. The molecule has 1 heterocycles. The average Bonchev–Trinajstić information content (AvgIpc) is 2.71. The molecule has 134 valence electrons. The first-order valence-electron chi connectivity index (χ1n) is 9.30. The van der Waals surface area contributed by atoms with Gasteiger partial charge >= 0.3 is 0 Å². The van der Waals surface area contributed by atoms with Crippen LogP contribution in [-0.2, 0) is 0 Å². The highest BCUT2D eigenvalue weighted by Gasteiger charge is 2.14. The molecule has 26 heavy (non-hydrogen) atoms. The van der Waals surface area contributed by atoms with Gasteiger partial charge in [-0.1, -0.05) is 48.5 Å². The summed E-state index contributed by atoms with van der Waals surface area (Å²) in [5.41, 5.74) is 3.36. The molecule has 1 amide bonds. The van der Waals surface area contributed by atoms with E-state index in [9.17, 15) is 4.79 Å². The van der Waals surface area contributed by atoms with Gasteiger partial charge in [0.05, 0.1) is 43.0 Å². The molecule has 3 rings (SSSR count). The smallest absolute Gasteiger partial charge is 0.252 e. The standard InChI is InChI=1S/C22H25N3O/c1-3-25(4-2)15-14-23-22(26)19-16-21(17-10-6-5-7-11-17)24-20-13-9-8-12-18(19)20/h5-13,16H,3-4,14-15H2,1-2H3,(H,23,26)/p+1. The van der Waals surface area contributed by atoms with Crippen molar-refractivity contribution in [2.24, 2.45) is 0 Å². The summed E-state index contributed by atoms with van der Waals surface area (Å²) in [4.78, 5) is 19.1. The lowest BCUT2D eigenvalue weighted by Crippen LogP contribution is -3.12.